The molecule has 2 nitrogen and oxygen atoms in total. The van der Waals surface area contributed by atoms with Gasteiger partial charge in [0.25, 0.3) is 0 Å². The predicted molar refractivity (Wildman–Crippen MR) is 78.7 cm³/mol. The van der Waals surface area contributed by atoms with Crippen LogP contribution in [0.2, 0.25) is 0 Å². The van der Waals surface area contributed by atoms with Gasteiger partial charge in [0, 0.05) is 12.1 Å². The summed E-state index contributed by atoms with van der Waals surface area (Å²) in [5.74, 6) is 1.85. The molecular formula is C17H25NO. The van der Waals surface area contributed by atoms with Crippen molar-refractivity contribution in [2.24, 2.45) is 5.92 Å². The van der Waals surface area contributed by atoms with Crippen LogP contribution >= 0.6 is 0 Å². The first-order chi connectivity index (χ1) is 9.26. The minimum absolute atomic E-state index is 0.658. The van der Waals surface area contributed by atoms with Crippen molar-refractivity contribution in [3.05, 3.63) is 29.3 Å². The maximum Gasteiger partial charge on any atom is 0.119 e. The molecule has 3 atom stereocenters. The van der Waals surface area contributed by atoms with Crippen LogP contribution in [0.3, 0.4) is 0 Å². The van der Waals surface area contributed by atoms with Crippen molar-refractivity contribution in [1.29, 1.82) is 0 Å². The van der Waals surface area contributed by atoms with Gasteiger partial charge in [0.2, 0.25) is 0 Å². The second-order valence-electron chi connectivity index (χ2n) is 6.26. The summed E-state index contributed by atoms with van der Waals surface area (Å²) in [5, 5.41) is 3.91. The molecule has 0 heterocycles. The van der Waals surface area contributed by atoms with Gasteiger partial charge in [0.15, 0.2) is 0 Å². The number of benzene rings is 1. The van der Waals surface area contributed by atoms with Crippen LogP contribution in [0.15, 0.2) is 18.2 Å². The van der Waals surface area contributed by atoms with E-state index in [2.05, 4.69) is 30.4 Å². The maximum atomic E-state index is 5.35. The average molecular weight is 259 g/mol. The maximum absolute atomic E-state index is 5.35. The number of hydrogen-bond acceptors (Lipinski definition) is 2. The van der Waals surface area contributed by atoms with E-state index in [-0.39, 0.29) is 0 Å². The van der Waals surface area contributed by atoms with Crippen molar-refractivity contribution in [2.45, 2.75) is 57.5 Å². The first-order valence-corrected chi connectivity index (χ1v) is 7.68. The molecule has 1 fully saturated rings. The fourth-order valence-corrected chi connectivity index (χ4v) is 3.70. The molecule has 0 radical (unpaired) electrons. The smallest absolute Gasteiger partial charge is 0.119 e. The van der Waals surface area contributed by atoms with E-state index in [1.807, 2.05) is 0 Å². The van der Waals surface area contributed by atoms with Gasteiger partial charge >= 0.3 is 0 Å². The quantitative estimate of drug-likeness (QED) is 0.899. The van der Waals surface area contributed by atoms with Crippen LogP contribution < -0.4 is 10.1 Å². The van der Waals surface area contributed by atoms with Crippen molar-refractivity contribution in [3.8, 4) is 5.75 Å². The molecule has 0 aromatic heterocycles. The van der Waals surface area contributed by atoms with Crippen LogP contribution in [0.4, 0.5) is 0 Å². The third-order valence-electron chi connectivity index (χ3n) is 4.95. The van der Waals surface area contributed by atoms with Crippen LogP contribution in [0, 0.1) is 5.92 Å². The van der Waals surface area contributed by atoms with Crippen LogP contribution in [-0.2, 0) is 12.8 Å². The molecule has 19 heavy (non-hydrogen) atoms. The average Bonchev–Trinajstić information content (AvgIpc) is 2.83. The zero-order valence-electron chi connectivity index (χ0n) is 12.1. The van der Waals surface area contributed by atoms with E-state index in [0.717, 1.165) is 24.1 Å². The van der Waals surface area contributed by atoms with Gasteiger partial charge in [-0.3, -0.25) is 0 Å². The molecule has 0 spiro atoms. The number of fused-ring (bicyclic) bond motifs is 1. The summed E-state index contributed by atoms with van der Waals surface area (Å²) in [4.78, 5) is 0. The molecule has 0 bridgehead atoms. The zero-order valence-corrected chi connectivity index (χ0v) is 12.1. The van der Waals surface area contributed by atoms with Crippen molar-refractivity contribution in [2.75, 3.05) is 7.11 Å². The van der Waals surface area contributed by atoms with E-state index in [1.165, 1.54) is 43.2 Å². The molecule has 3 rings (SSSR count). The van der Waals surface area contributed by atoms with Crippen molar-refractivity contribution in [3.63, 3.8) is 0 Å². The second-order valence-corrected chi connectivity index (χ2v) is 6.26. The molecule has 2 aliphatic carbocycles. The summed E-state index contributed by atoms with van der Waals surface area (Å²) in [5.41, 5.74) is 2.99. The summed E-state index contributed by atoms with van der Waals surface area (Å²) in [7, 11) is 1.75. The molecule has 104 valence electrons. The minimum atomic E-state index is 0.658. The fraction of sp³-hybridized carbons (Fsp3) is 0.647. The molecule has 1 aromatic carbocycles. The summed E-state index contributed by atoms with van der Waals surface area (Å²) in [6.45, 7) is 2.39. The highest BCUT2D eigenvalue weighted by molar-refractivity contribution is 5.37. The number of aryl methyl sites for hydroxylation is 1. The molecule has 2 aliphatic rings. The molecule has 1 aromatic rings. The van der Waals surface area contributed by atoms with Crippen LogP contribution in [-0.4, -0.2) is 19.2 Å². The molecular weight excluding hydrogens is 234 g/mol. The number of rotatable bonds is 3. The van der Waals surface area contributed by atoms with Crippen LogP contribution in [0.1, 0.15) is 43.7 Å². The standard InChI is InChI=1S/C17H25NO/c1-12-4-3-5-17(12)18-15-8-6-13-7-9-16(19-2)11-14(13)10-15/h7,9,11-12,15,17-18H,3-6,8,10H2,1-2H3. The van der Waals surface area contributed by atoms with Gasteiger partial charge < -0.3 is 10.1 Å². The highest BCUT2D eigenvalue weighted by atomic mass is 16.5. The Kier molecular flexibility index (Phi) is 3.79. The Balaban J connectivity index is 1.67. The summed E-state index contributed by atoms with van der Waals surface area (Å²) in [6.07, 6.45) is 7.81. The first kappa shape index (κ1) is 13.0. The Hall–Kier alpha value is -1.02. The normalized spacial score (nSPS) is 30.1. The topological polar surface area (TPSA) is 21.3 Å². The Labute approximate surface area is 116 Å². The predicted octanol–water partition coefficient (Wildman–Crippen LogP) is 3.33. The minimum Gasteiger partial charge on any atom is -0.497 e. The SMILES string of the molecule is COc1ccc2c(c1)CC(NC1CCCC1C)CC2. The van der Waals surface area contributed by atoms with Gasteiger partial charge in [0.1, 0.15) is 5.75 Å². The number of nitrogens with one attached hydrogen (secondary N) is 1. The van der Waals surface area contributed by atoms with Crippen LogP contribution in [0.25, 0.3) is 0 Å². The van der Waals surface area contributed by atoms with Gasteiger partial charge in [-0.15, -0.1) is 0 Å². The van der Waals surface area contributed by atoms with Gasteiger partial charge in [-0.25, -0.2) is 0 Å². The molecule has 0 amide bonds. The van der Waals surface area contributed by atoms with E-state index < -0.39 is 0 Å². The number of ether oxygens (including phenoxy) is 1. The summed E-state index contributed by atoms with van der Waals surface area (Å²) < 4.78 is 5.35. The molecule has 0 aliphatic heterocycles. The number of hydrogen-bond donors (Lipinski definition) is 1. The fourth-order valence-electron chi connectivity index (χ4n) is 3.70. The third kappa shape index (κ3) is 2.79. The van der Waals surface area contributed by atoms with E-state index in [1.54, 1.807) is 7.11 Å². The first-order valence-electron chi connectivity index (χ1n) is 7.68. The molecule has 1 saturated carbocycles. The van der Waals surface area contributed by atoms with Gasteiger partial charge in [-0.2, -0.15) is 0 Å². The lowest BCUT2D eigenvalue weighted by atomic mass is 9.87. The summed E-state index contributed by atoms with van der Waals surface area (Å²) in [6, 6.07) is 7.96. The Bertz CT molecular complexity index is 443. The van der Waals surface area contributed by atoms with E-state index in [9.17, 15) is 0 Å². The van der Waals surface area contributed by atoms with Gasteiger partial charge in [-0.1, -0.05) is 19.4 Å². The highest BCUT2D eigenvalue weighted by Gasteiger charge is 2.27. The van der Waals surface area contributed by atoms with Crippen molar-refractivity contribution >= 4 is 0 Å². The number of methoxy groups -OCH3 is 1. The Morgan fingerprint density at radius 2 is 2.05 bits per heavy atom. The zero-order chi connectivity index (χ0) is 13.2. The van der Waals surface area contributed by atoms with E-state index in [4.69, 9.17) is 4.74 Å². The van der Waals surface area contributed by atoms with Gasteiger partial charge in [0.05, 0.1) is 7.11 Å². The highest BCUT2D eigenvalue weighted by Crippen LogP contribution is 2.29. The van der Waals surface area contributed by atoms with Crippen molar-refractivity contribution < 1.29 is 4.74 Å². The lowest BCUT2D eigenvalue weighted by Crippen LogP contribution is -2.42. The van der Waals surface area contributed by atoms with Gasteiger partial charge in [-0.05, 0) is 61.3 Å². The molecule has 2 heteroatoms. The van der Waals surface area contributed by atoms with Crippen molar-refractivity contribution in [1.82, 2.24) is 5.32 Å². The lowest BCUT2D eigenvalue weighted by molar-refractivity contribution is 0.348. The largest absolute Gasteiger partial charge is 0.497 e. The second kappa shape index (κ2) is 5.54. The van der Waals surface area contributed by atoms with E-state index in [0.29, 0.717) is 6.04 Å². The monoisotopic (exact) mass is 259 g/mol. The Morgan fingerprint density at radius 3 is 2.79 bits per heavy atom. The third-order valence-corrected chi connectivity index (χ3v) is 4.95. The van der Waals surface area contributed by atoms with Crippen LogP contribution in [0.5, 0.6) is 5.75 Å². The van der Waals surface area contributed by atoms with E-state index >= 15 is 0 Å². The lowest BCUT2D eigenvalue weighted by Gasteiger charge is -2.30. The molecule has 0 saturated heterocycles. The molecule has 3 unspecified atom stereocenters. The Morgan fingerprint density at radius 1 is 1.16 bits per heavy atom. The summed E-state index contributed by atoms with van der Waals surface area (Å²) >= 11 is 0. The molecule has 1 N–H and O–H groups in total.